The largest absolute Gasteiger partial charge is 0.508 e. The number of carbonyl (C=O) groups excluding carboxylic acids is 1. The molecule has 0 fully saturated rings. The number of hydrogen-bond acceptors (Lipinski definition) is 5. The Morgan fingerprint density at radius 1 is 1.20 bits per heavy atom. The maximum Gasteiger partial charge on any atom is 0.237 e. The van der Waals surface area contributed by atoms with Crippen LogP contribution in [0.3, 0.4) is 0 Å². The van der Waals surface area contributed by atoms with Crippen LogP contribution in [0.25, 0.3) is 10.9 Å². The minimum atomic E-state index is -0.612. The van der Waals surface area contributed by atoms with Crippen LogP contribution in [0.5, 0.6) is 5.75 Å². The maximum absolute atomic E-state index is 12.1. The minimum Gasteiger partial charge on any atom is -0.508 e. The number of fused-ring (bicyclic) bond motifs is 1. The third-order valence-corrected chi connectivity index (χ3v) is 4.16. The van der Waals surface area contributed by atoms with Gasteiger partial charge in [0.1, 0.15) is 5.75 Å². The molecule has 1 amide bonds. The Hall–Kier alpha value is -2.09. The molecular formula is C18H29N5O2. The van der Waals surface area contributed by atoms with Crippen molar-refractivity contribution in [3.63, 3.8) is 0 Å². The van der Waals surface area contributed by atoms with E-state index in [1.165, 1.54) is 0 Å². The molecule has 8 N–H and O–H groups in total. The maximum atomic E-state index is 12.1. The number of aromatic hydroxyl groups is 1. The number of benzene rings is 1. The van der Waals surface area contributed by atoms with Crippen LogP contribution in [0.4, 0.5) is 0 Å². The van der Waals surface area contributed by atoms with Crippen LogP contribution in [0.2, 0.25) is 0 Å². The van der Waals surface area contributed by atoms with Crippen molar-refractivity contribution in [1.29, 1.82) is 0 Å². The van der Waals surface area contributed by atoms with Gasteiger partial charge >= 0.3 is 0 Å². The number of phenolic OH excluding ortho intramolecular Hbond substituents is 1. The quantitative estimate of drug-likeness (QED) is 0.331. The van der Waals surface area contributed by atoms with E-state index in [4.69, 9.17) is 11.5 Å². The van der Waals surface area contributed by atoms with Gasteiger partial charge in [0.15, 0.2) is 0 Å². The van der Waals surface area contributed by atoms with Crippen LogP contribution in [0.1, 0.15) is 24.8 Å². The van der Waals surface area contributed by atoms with E-state index in [1.807, 2.05) is 6.20 Å². The van der Waals surface area contributed by atoms with E-state index >= 15 is 0 Å². The van der Waals surface area contributed by atoms with E-state index in [9.17, 15) is 9.90 Å². The van der Waals surface area contributed by atoms with E-state index in [0.29, 0.717) is 13.0 Å². The molecule has 1 aromatic heterocycles. The first-order valence-corrected chi connectivity index (χ1v) is 8.85. The normalized spacial score (nSPS) is 12.4. The summed E-state index contributed by atoms with van der Waals surface area (Å²) >= 11 is 0. The highest BCUT2D eigenvalue weighted by atomic mass is 16.3. The van der Waals surface area contributed by atoms with Crippen molar-refractivity contribution < 1.29 is 9.90 Å². The zero-order valence-corrected chi connectivity index (χ0v) is 14.6. The lowest BCUT2D eigenvalue weighted by atomic mass is 10.0. The molecule has 1 heterocycles. The summed E-state index contributed by atoms with van der Waals surface area (Å²) in [6.45, 7) is 3.15. The van der Waals surface area contributed by atoms with Gasteiger partial charge in [-0.15, -0.1) is 0 Å². The molecule has 2 aromatic rings. The number of rotatable bonds is 11. The average Bonchev–Trinajstić information content (AvgIpc) is 2.99. The topological polar surface area (TPSA) is 129 Å². The molecule has 0 aliphatic heterocycles. The highest BCUT2D eigenvalue weighted by Crippen LogP contribution is 2.23. The number of unbranched alkanes of at least 4 members (excludes halogenated alkanes) is 1. The van der Waals surface area contributed by atoms with Crippen molar-refractivity contribution in [1.82, 2.24) is 15.6 Å². The lowest BCUT2D eigenvalue weighted by Gasteiger charge is -2.12. The predicted octanol–water partition coefficient (Wildman–Crippen LogP) is 0.578. The summed E-state index contributed by atoms with van der Waals surface area (Å²) in [5.74, 6) is 0.0444. The first-order valence-electron chi connectivity index (χ1n) is 8.85. The molecule has 1 unspecified atom stereocenters. The number of amides is 1. The summed E-state index contributed by atoms with van der Waals surface area (Å²) in [5.41, 5.74) is 13.3. The Morgan fingerprint density at radius 3 is 2.80 bits per heavy atom. The van der Waals surface area contributed by atoms with Crippen LogP contribution >= 0.6 is 0 Å². The second-order valence-corrected chi connectivity index (χ2v) is 6.24. The van der Waals surface area contributed by atoms with E-state index in [0.717, 1.165) is 55.4 Å². The van der Waals surface area contributed by atoms with Gasteiger partial charge in [0.25, 0.3) is 0 Å². The molecule has 7 nitrogen and oxygen atoms in total. The van der Waals surface area contributed by atoms with Crippen LogP contribution in [0.15, 0.2) is 24.4 Å². The molecule has 1 atom stereocenters. The number of H-pyrrole nitrogens is 1. The third-order valence-electron chi connectivity index (χ3n) is 4.16. The smallest absolute Gasteiger partial charge is 0.237 e. The van der Waals surface area contributed by atoms with Crippen molar-refractivity contribution in [2.45, 2.75) is 31.7 Å². The van der Waals surface area contributed by atoms with Crippen LogP contribution in [-0.4, -0.2) is 48.2 Å². The zero-order chi connectivity index (χ0) is 18.1. The lowest BCUT2D eigenvalue weighted by molar-refractivity contribution is -0.122. The summed E-state index contributed by atoms with van der Waals surface area (Å²) in [6.07, 6.45) is 5.23. The van der Waals surface area contributed by atoms with Crippen LogP contribution in [0, 0.1) is 0 Å². The standard InChI is InChI=1S/C18H29N5O2/c19-6-1-2-7-21-8-3-9-22-18(25)16(20)10-13-12-23-17-5-4-14(24)11-15(13)17/h4-5,11-12,16,21,23-24H,1-3,6-10,19-20H2,(H,22,25). The van der Waals surface area contributed by atoms with Crippen molar-refractivity contribution in [3.8, 4) is 5.75 Å². The molecule has 0 aliphatic carbocycles. The van der Waals surface area contributed by atoms with Crippen molar-refractivity contribution in [2.24, 2.45) is 11.5 Å². The predicted molar refractivity (Wildman–Crippen MR) is 100 cm³/mol. The molecule has 0 radical (unpaired) electrons. The summed E-state index contributed by atoms with van der Waals surface area (Å²) in [5, 5.41) is 16.7. The first-order chi connectivity index (χ1) is 12.1. The number of phenols is 1. The molecular weight excluding hydrogens is 318 g/mol. The molecule has 138 valence electrons. The van der Waals surface area contributed by atoms with Gasteiger partial charge in [-0.1, -0.05) is 0 Å². The monoisotopic (exact) mass is 347 g/mol. The number of carbonyl (C=O) groups is 1. The van der Waals surface area contributed by atoms with E-state index in [2.05, 4.69) is 15.6 Å². The fourth-order valence-corrected chi connectivity index (χ4v) is 2.74. The van der Waals surface area contributed by atoms with Gasteiger partial charge in [-0.3, -0.25) is 4.79 Å². The van der Waals surface area contributed by atoms with Gasteiger partial charge in [-0.25, -0.2) is 0 Å². The molecule has 25 heavy (non-hydrogen) atoms. The summed E-state index contributed by atoms with van der Waals surface area (Å²) in [6, 6.07) is 4.50. The van der Waals surface area contributed by atoms with Crippen molar-refractivity contribution in [2.75, 3.05) is 26.2 Å². The first kappa shape index (κ1) is 19.2. The summed E-state index contributed by atoms with van der Waals surface area (Å²) in [7, 11) is 0. The van der Waals surface area contributed by atoms with Gasteiger partial charge in [0.2, 0.25) is 5.91 Å². The second-order valence-electron chi connectivity index (χ2n) is 6.24. The second kappa shape index (κ2) is 10.0. The number of aromatic amines is 1. The fourth-order valence-electron chi connectivity index (χ4n) is 2.74. The highest BCUT2D eigenvalue weighted by molar-refractivity contribution is 5.86. The highest BCUT2D eigenvalue weighted by Gasteiger charge is 2.16. The van der Waals surface area contributed by atoms with Gasteiger partial charge in [0, 0.05) is 23.6 Å². The molecule has 7 heteroatoms. The van der Waals surface area contributed by atoms with Gasteiger partial charge in [-0.2, -0.15) is 0 Å². The molecule has 1 aromatic carbocycles. The third kappa shape index (κ3) is 6.04. The lowest BCUT2D eigenvalue weighted by Crippen LogP contribution is -2.42. The number of hydrogen-bond donors (Lipinski definition) is 6. The van der Waals surface area contributed by atoms with Crippen LogP contribution < -0.4 is 22.1 Å². The van der Waals surface area contributed by atoms with E-state index in [1.54, 1.807) is 18.2 Å². The Labute approximate surface area is 148 Å². The number of nitrogens with one attached hydrogen (secondary N) is 3. The Bertz CT molecular complexity index is 671. The van der Waals surface area contributed by atoms with Gasteiger partial charge < -0.3 is 32.2 Å². The van der Waals surface area contributed by atoms with E-state index < -0.39 is 6.04 Å². The van der Waals surface area contributed by atoms with Crippen molar-refractivity contribution >= 4 is 16.8 Å². The van der Waals surface area contributed by atoms with Crippen molar-refractivity contribution in [3.05, 3.63) is 30.0 Å². The molecule has 2 rings (SSSR count). The van der Waals surface area contributed by atoms with Crippen LogP contribution in [-0.2, 0) is 11.2 Å². The van der Waals surface area contributed by atoms with E-state index in [-0.39, 0.29) is 11.7 Å². The Morgan fingerprint density at radius 2 is 2.00 bits per heavy atom. The number of nitrogens with two attached hydrogens (primary N) is 2. The van der Waals surface area contributed by atoms with Gasteiger partial charge in [0.05, 0.1) is 6.04 Å². The molecule has 0 saturated carbocycles. The Kier molecular flexibility index (Phi) is 7.72. The summed E-state index contributed by atoms with van der Waals surface area (Å²) in [4.78, 5) is 15.2. The summed E-state index contributed by atoms with van der Waals surface area (Å²) < 4.78 is 0. The van der Waals surface area contributed by atoms with Gasteiger partial charge in [-0.05, 0) is 69.1 Å². The average molecular weight is 347 g/mol. The SMILES string of the molecule is NCCCCNCCCNC(=O)C(N)Cc1c[nH]c2ccc(O)cc12. The number of aromatic nitrogens is 1. The molecule has 0 aliphatic rings. The molecule has 0 spiro atoms. The molecule has 0 saturated heterocycles. The minimum absolute atomic E-state index is 0.155. The Balaban J connectivity index is 1.70. The fraction of sp³-hybridized carbons (Fsp3) is 0.500. The molecule has 0 bridgehead atoms. The zero-order valence-electron chi connectivity index (χ0n) is 14.6.